The van der Waals surface area contributed by atoms with Crippen molar-refractivity contribution < 1.29 is 19.1 Å². The van der Waals surface area contributed by atoms with Gasteiger partial charge in [-0.05, 0) is 55.4 Å². The summed E-state index contributed by atoms with van der Waals surface area (Å²) in [5.74, 6) is -0.312. The van der Waals surface area contributed by atoms with E-state index in [1.807, 2.05) is 6.07 Å². The first-order valence-electron chi connectivity index (χ1n) is 9.39. The summed E-state index contributed by atoms with van der Waals surface area (Å²) in [6.45, 7) is 0. The number of carbonyl (C=O) groups excluding carboxylic acids is 3. The molecule has 1 heterocycles. The molecule has 1 aliphatic heterocycles. The second-order valence-electron chi connectivity index (χ2n) is 7.62. The highest BCUT2D eigenvalue weighted by atomic mass is 16.5. The molecule has 5 heteroatoms. The molecule has 5 rings (SSSR count). The Hall–Kier alpha value is -2.95. The highest BCUT2D eigenvalue weighted by molar-refractivity contribution is 6.23. The minimum atomic E-state index is -0.512. The van der Waals surface area contributed by atoms with Crippen molar-refractivity contribution in [2.75, 3.05) is 4.90 Å². The zero-order chi connectivity index (χ0) is 18.5. The van der Waals surface area contributed by atoms with Gasteiger partial charge in [0.15, 0.2) is 5.75 Å². The van der Waals surface area contributed by atoms with Crippen molar-refractivity contribution in [2.24, 2.45) is 23.7 Å². The number of benzene rings is 2. The number of anilines is 1. The quantitative estimate of drug-likeness (QED) is 0.477. The molecule has 0 aromatic heterocycles. The Morgan fingerprint density at radius 2 is 1.44 bits per heavy atom. The van der Waals surface area contributed by atoms with Crippen LogP contribution in [-0.2, 0) is 9.59 Å². The molecule has 2 saturated carbocycles. The van der Waals surface area contributed by atoms with Crippen LogP contribution >= 0.6 is 0 Å². The van der Waals surface area contributed by atoms with Crippen LogP contribution in [-0.4, -0.2) is 17.8 Å². The summed E-state index contributed by atoms with van der Waals surface area (Å²) >= 11 is 0. The molecule has 2 aromatic rings. The van der Waals surface area contributed by atoms with Crippen LogP contribution in [0.15, 0.2) is 54.6 Å². The minimum absolute atomic E-state index is 0.139. The lowest BCUT2D eigenvalue weighted by molar-refractivity contribution is -0.123. The Kier molecular flexibility index (Phi) is 3.64. The van der Waals surface area contributed by atoms with E-state index in [0.29, 0.717) is 23.1 Å². The van der Waals surface area contributed by atoms with Crippen LogP contribution in [0.3, 0.4) is 0 Å². The van der Waals surface area contributed by atoms with Gasteiger partial charge in [-0.2, -0.15) is 0 Å². The van der Waals surface area contributed by atoms with Gasteiger partial charge in [0.1, 0.15) is 0 Å². The maximum absolute atomic E-state index is 13.1. The molecule has 2 amide bonds. The molecule has 0 spiro atoms. The monoisotopic (exact) mass is 361 g/mol. The Labute approximate surface area is 156 Å². The number of hydrogen-bond acceptors (Lipinski definition) is 4. The number of amides is 2. The van der Waals surface area contributed by atoms with Crippen molar-refractivity contribution in [1.82, 2.24) is 0 Å². The van der Waals surface area contributed by atoms with E-state index in [0.717, 1.165) is 19.3 Å². The van der Waals surface area contributed by atoms with E-state index in [1.165, 1.54) is 4.90 Å². The van der Waals surface area contributed by atoms with Crippen molar-refractivity contribution in [3.8, 4) is 5.75 Å². The molecule has 0 unspecified atom stereocenters. The molecule has 2 aliphatic carbocycles. The van der Waals surface area contributed by atoms with Crippen LogP contribution in [0, 0.1) is 23.7 Å². The third-order valence-electron chi connectivity index (χ3n) is 6.25. The lowest BCUT2D eigenvalue weighted by Crippen LogP contribution is -2.33. The van der Waals surface area contributed by atoms with Crippen molar-refractivity contribution >= 4 is 23.5 Å². The summed E-state index contributed by atoms with van der Waals surface area (Å²) in [5.41, 5.74) is 0.784. The molecule has 4 atom stereocenters. The summed E-state index contributed by atoms with van der Waals surface area (Å²) in [5, 5.41) is 0. The summed E-state index contributed by atoms with van der Waals surface area (Å²) < 4.78 is 5.55. The number of hydrogen-bond donors (Lipinski definition) is 0. The molecule has 0 radical (unpaired) electrons. The summed E-state index contributed by atoms with van der Waals surface area (Å²) in [6, 6.07) is 15.4. The van der Waals surface area contributed by atoms with E-state index in [-0.39, 0.29) is 29.4 Å². The molecule has 3 fully saturated rings. The number of imide groups is 1. The summed E-state index contributed by atoms with van der Waals surface area (Å²) in [4.78, 5) is 39.8. The maximum atomic E-state index is 13.1. The largest absolute Gasteiger partial charge is 0.421 e. The number of fused-ring (bicyclic) bond motifs is 5. The molecule has 3 aliphatic rings. The van der Waals surface area contributed by atoms with E-state index in [9.17, 15) is 14.4 Å². The van der Waals surface area contributed by atoms with Crippen molar-refractivity contribution in [3.05, 3.63) is 60.2 Å². The number of rotatable bonds is 3. The van der Waals surface area contributed by atoms with Crippen LogP contribution in [0.4, 0.5) is 5.69 Å². The third kappa shape index (κ3) is 2.41. The standard InChI is InChI=1S/C22H19NO4/c24-20-18-14-10-11-15(12-14)19(18)21(25)23(20)16-8-4-5-9-17(16)27-22(26)13-6-2-1-3-7-13/h1-9,14-15,18-19H,10-12H2/t14-,15+,18-,19-/m0/s1. The normalized spacial score (nSPS) is 28.5. The third-order valence-corrected chi connectivity index (χ3v) is 6.25. The van der Waals surface area contributed by atoms with E-state index >= 15 is 0 Å². The van der Waals surface area contributed by atoms with E-state index < -0.39 is 5.97 Å². The predicted octanol–water partition coefficient (Wildman–Crippen LogP) is 3.44. The Morgan fingerprint density at radius 3 is 2.11 bits per heavy atom. The van der Waals surface area contributed by atoms with Gasteiger partial charge >= 0.3 is 5.97 Å². The summed E-state index contributed by atoms with van der Waals surface area (Å²) in [7, 11) is 0. The second kappa shape index (κ2) is 6.05. The molecular formula is C22H19NO4. The van der Waals surface area contributed by atoms with Gasteiger partial charge in [-0.3, -0.25) is 9.59 Å². The first kappa shape index (κ1) is 16.2. The first-order valence-corrected chi connectivity index (χ1v) is 9.39. The fraction of sp³-hybridized carbons (Fsp3) is 0.318. The molecule has 2 bridgehead atoms. The van der Waals surface area contributed by atoms with Crippen LogP contribution in [0.1, 0.15) is 29.6 Å². The average molecular weight is 361 g/mol. The fourth-order valence-electron chi connectivity index (χ4n) is 5.11. The molecule has 5 nitrogen and oxygen atoms in total. The lowest BCUT2D eigenvalue weighted by atomic mass is 9.81. The highest BCUT2D eigenvalue weighted by Crippen LogP contribution is 2.57. The predicted molar refractivity (Wildman–Crippen MR) is 98.1 cm³/mol. The number of para-hydroxylation sites is 2. The molecule has 27 heavy (non-hydrogen) atoms. The second-order valence-corrected chi connectivity index (χ2v) is 7.62. The van der Waals surface area contributed by atoms with E-state index in [2.05, 4.69) is 0 Å². The SMILES string of the molecule is O=C(Oc1ccccc1N1C(=O)[C@H]2[C@@H]3CC[C@@H](C3)[C@@H]2C1=O)c1ccccc1. The number of carbonyl (C=O) groups is 3. The molecular weight excluding hydrogens is 342 g/mol. The van der Waals surface area contributed by atoms with E-state index in [4.69, 9.17) is 4.74 Å². The van der Waals surface area contributed by atoms with Gasteiger partial charge in [-0.1, -0.05) is 30.3 Å². The number of ether oxygens (including phenoxy) is 1. The van der Waals surface area contributed by atoms with Crippen LogP contribution in [0.5, 0.6) is 5.75 Å². The van der Waals surface area contributed by atoms with Gasteiger partial charge in [-0.15, -0.1) is 0 Å². The Bertz CT molecular complexity index is 910. The van der Waals surface area contributed by atoms with Gasteiger partial charge in [-0.25, -0.2) is 9.69 Å². The topological polar surface area (TPSA) is 63.7 Å². The minimum Gasteiger partial charge on any atom is -0.421 e. The highest BCUT2D eigenvalue weighted by Gasteiger charge is 2.61. The lowest BCUT2D eigenvalue weighted by Gasteiger charge is -2.20. The molecule has 1 saturated heterocycles. The van der Waals surface area contributed by atoms with Crippen LogP contribution in [0.25, 0.3) is 0 Å². The van der Waals surface area contributed by atoms with Crippen molar-refractivity contribution in [2.45, 2.75) is 19.3 Å². The number of esters is 1. The van der Waals surface area contributed by atoms with Gasteiger partial charge in [0.05, 0.1) is 23.1 Å². The smallest absolute Gasteiger partial charge is 0.343 e. The Balaban J connectivity index is 1.47. The zero-order valence-electron chi connectivity index (χ0n) is 14.7. The van der Waals surface area contributed by atoms with Gasteiger partial charge < -0.3 is 4.74 Å². The molecule has 0 N–H and O–H groups in total. The number of nitrogens with zero attached hydrogens (tertiary/aromatic N) is 1. The average Bonchev–Trinajstić information content (AvgIpc) is 3.37. The molecule has 2 aromatic carbocycles. The van der Waals surface area contributed by atoms with E-state index in [1.54, 1.807) is 48.5 Å². The van der Waals surface area contributed by atoms with Gasteiger partial charge in [0.25, 0.3) is 0 Å². The zero-order valence-corrected chi connectivity index (χ0v) is 14.7. The van der Waals surface area contributed by atoms with Crippen molar-refractivity contribution in [1.29, 1.82) is 0 Å². The van der Waals surface area contributed by atoms with Gasteiger partial charge in [0.2, 0.25) is 11.8 Å². The Morgan fingerprint density at radius 1 is 0.852 bits per heavy atom. The fourth-order valence-corrected chi connectivity index (χ4v) is 5.11. The summed E-state index contributed by atoms with van der Waals surface area (Å²) in [6.07, 6.45) is 3.05. The first-order chi connectivity index (χ1) is 13.1. The van der Waals surface area contributed by atoms with Crippen molar-refractivity contribution in [3.63, 3.8) is 0 Å². The van der Waals surface area contributed by atoms with Crippen LogP contribution in [0.2, 0.25) is 0 Å². The van der Waals surface area contributed by atoms with Crippen LogP contribution < -0.4 is 9.64 Å². The molecule has 136 valence electrons. The van der Waals surface area contributed by atoms with Gasteiger partial charge in [0, 0.05) is 0 Å². The maximum Gasteiger partial charge on any atom is 0.343 e.